The van der Waals surface area contributed by atoms with E-state index in [9.17, 15) is 9.90 Å². The maximum absolute atomic E-state index is 15.6. The van der Waals surface area contributed by atoms with Crippen molar-refractivity contribution in [1.29, 1.82) is 0 Å². The van der Waals surface area contributed by atoms with Crippen LogP contribution in [0.3, 0.4) is 0 Å². The number of hydrogen-bond donors (Lipinski definition) is 1. The summed E-state index contributed by atoms with van der Waals surface area (Å²) in [5.41, 5.74) is 11.1. The third-order valence-electron chi connectivity index (χ3n) is 13.0. The van der Waals surface area contributed by atoms with Crippen LogP contribution in [-0.4, -0.2) is 67.1 Å². The van der Waals surface area contributed by atoms with Crippen molar-refractivity contribution >= 4 is 68.4 Å². The van der Waals surface area contributed by atoms with E-state index in [2.05, 4.69) is 16.4 Å². The molecule has 1 amide bonds. The van der Waals surface area contributed by atoms with Crippen LogP contribution in [0.2, 0.25) is 10.0 Å². The van der Waals surface area contributed by atoms with E-state index in [4.69, 9.17) is 38.0 Å². The topological polar surface area (TPSA) is 111 Å². The van der Waals surface area contributed by atoms with E-state index in [1.54, 1.807) is 6.07 Å². The first-order valence-electron chi connectivity index (χ1n) is 21.9. The number of carboxylic acid groups (broad SMARTS) is 1. The number of anilines is 2. The molecule has 1 N–H and O–H groups in total. The zero-order chi connectivity index (χ0) is 44.4. The van der Waals surface area contributed by atoms with Crippen LogP contribution in [0.25, 0.3) is 32.9 Å². The van der Waals surface area contributed by atoms with Gasteiger partial charge in [-0.25, -0.2) is 9.78 Å². The number of fused-ring (bicyclic) bond motifs is 4. The highest BCUT2D eigenvalue weighted by Crippen LogP contribution is 2.46. The molecule has 3 aromatic carbocycles. The second kappa shape index (κ2) is 16.7. The fourth-order valence-electron chi connectivity index (χ4n) is 10.0. The molecule has 0 radical (unpaired) electrons. The molecular formula is C50H53Cl2N7O4. The standard InChI is InChI=1S/C50H53Cl2N7O4/c1-28-21-34-25-41(50(61)62)57(27-35-13-11-15-42(53-35)56-18-9-8-10-19-56)46(34)40(22-28)58-26-31(4)59-47-38(16-17-39(51)44(47)43-32(5)54-55(7)33(43)6)37(48(59)49(58)60)14-12-20-63-36-23-29(2)45(52)30(3)24-36/h11,13,15-17,21-25,31H,8-10,12,14,18-20,26-27H2,1-7H3,(H,61,62). The Balaban J connectivity index is 1.18. The van der Waals surface area contributed by atoms with Crippen molar-refractivity contribution in [3.63, 3.8) is 0 Å². The van der Waals surface area contributed by atoms with Gasteiger partial charge < -0.3 is 28.8 Å². The first-order chi connectivity index (χ1) is 30.2. The van der Waals surface area contributed by atoms with E-state index in [0.29, 0.717) is 47.9 Å². The lowest BCUT2D eigenvalue weighted by Crippen LogP contribution is -2.43. The van der Waals surface area contributed by atoms with Gasteiger partial charge in [-0.15, -0.1) is 0 Å². The average Bonchev–Trinajstić information content (AvgIpc) is 3.88. The lowest BCUT2D eigenvalue weighted by atomic mass is 9.98. The summed E-state index contributed by atoms with van der Waals surface area (Å²) in [5.74, 6) is 0.454. The summed E-state index contributed by atoms with van der Waals surface area (Å²) in [4.78, 5) is 37.9. The second-order valence-electron chi connectivity index (χ2n) is 17.5. The van der Waals surface area contributed by atoms with Crippen molar-refractivity contribution < 1.29 is 19.4 Å². The van der Waals surface area contributed by atoms with Crippen LogP contribution in [0.1, 0.15) is 99.0 Å². The van der Waals surface area contributed by atoms with Crippen LogP contribution in [0.4, 0.5) is 11.5 Å². The van der Waals surface area contributed by atoms with Gasteiger partial charge in [-0.2, -0.15) is 5.10 Å². The molecule has 6 heterocycles. The molecule has 63 heavy (non-hydrogen) atoms. The van der Waals surface area contributed by atoms with Gasteiger partial charge in [-0.1, -0.05) is 35.3 Å². The molecular weight excluding hydrogens is 834 g/mol. The molecule has 11 nitrogen and oxygen atoms in total. The predicted molar refractivity (Wildman–Crippen MR) is 253 cm³/mol. The molecule has 1 unspecified atom stereocenters. The predicted octanol–water partition coefficient (Wildman–Crippen LogP) is 11.2. The number of aryl methyl sites for hydroxylation is 6. The van der Waals surface area contributed by atoms with E-state index in [1.165, 1.54) is 6.42 Å². The van der Waals surface area contributed by atoms with Gasteiger partial charge in [-0.3, -0.25) is 9.48 Å². The molecule has 1 atom stereocenters. The lowest BCUT2D eigenvalue weighted by molar-refractivity contribution is 0.0686. The fourth-order valence-corrected chi connectivity index (χ4v) is 10.4. The molecule has 0 saturated carbocycles. The number of carbonyl (C=O) groups excluding carboxylic acids is 1. The number of rotatable bonds is 11. The minimum absolute atomic E-state index is 0.141. The molecule has 7 aromatic rings. The number of aromatic carboxylic acids is 1. The van der Waals surface area contributed by atoms with Crippen LogP contribution in [0.5, 0.6) is 5.75 Å². The highest BCUT2D eigenvalue weighted by Gasteiger charge is 2.38. The molecule has 1 saturated heterocycles. The monoisotopic (exact) mass is 885 g/mol. The zero-order valence-corrected chi connectivity index (χ0v) is 38.5. The van der Waals surface area contributed by atoms with Crippen molar-refractivity contribution in [1.82, 2.24) is 23.9 Å². The summed E-state index contributed by atoms with van der Waals surface area (Å²) < 4.78 is 12.2. The molecule has 4 aromatic heterocycles. The summed E-state index contributed by atoms with van der Waals surface area (Å²) in [6.45, 7) is 15.0. The largest absolute Gasteiger partial charge is 0.494 e. The van der Waals surface area contributed by atoms with Gasteiger partial charge in [-0.05, 0) is 144 Å². The van der Waals surface area contributed by atoms with E-state index >= 15 is 4.79 Å². The number of carboxylic acids is 1. The Bertz CT molecular complexity index is 2950. The van der Waals surface area contributed by atoms with Crippen LogP contribution in [-0.2, 0) is 20.0 Å². The van der Waals surface area contributed by atoms with Crippen molar-refractivity contribution in [2.24, 2.45) is 7.05 Å². The summed E-state index contributed by atoms with van der Waals surface area (Å²) in [6, 6.07) is 19.4. The maximum Gasteiger partial charge on any atom is 0.352 e. The van der Waals surface area contributed by atoms with E-state index in [0.717, 1.165) is 109 Å². The van der Waals surface area contributed by atoms with Gasteiger partial charge in [0.15, 0.2) is 0 Å². The fraction of sp³-hybridized carbons (Fsp3) is 0.360. The third kappa shape index (κ3) is 7.52. The van der Waals surface area contributed by atoms with E-state index in [-0.39, 0.29) is 24.2 Å². The number of amides is 1. The minimum Gasteiger partial charge on any atom is -0.494 e. The SMILES string of the molecule is Cc1cc(N2CC(C)n3c(c(CCCOc4cc(C)c(Cl)c(C)c4)c4ccc(Cl)c(-c5c(C)nn(C)c5C)c43)C2=O)c2c(c1)cc(C(=O)O)n2Cc1cccc(N2CCCCC2)n1. The number of nitrogens with zero attached hydrogens (tertiary/aromatic N) is 7. The number of pyridine rings is 1. The van der Waals surface area contributed by atoms with Gasteiger partial charge in [0, 0.05) is 65.3 Å². The van der Waals surface area contributed by atoms with Gasteiger partial charge in [0.05, 0.1) is 46.3 Å². The number of benzene rings is 3. The Morgan fingerprint density at radius 3 is 2.37 bits per heavy atom. The van der Waals surface area contributed by atoms with Crippen LogP contribution in [0.15, 0.2) is 60.7 Å². The number of halogens is 2. The molecule has 1 fully saturated rings. The molecule has 13 heteroatoms. The number of carbonyl (C=O) groups is 2. The van der Waals surface area contributed by atoms with Gasteiger partial charge >= 0.3 is 5.97 Å². The van der Waals surface area contributed by atoms with Crippen molar-refractivity contribution in [3.8, 4) is 16.9 Å². The molecule has 326 valence electrons. The highest BCUT2D eigenvalue weighted by molar-refractivity contribution is 6.35. The van der Waals surface area contributed by atoms with Crippen molar-refractivity contribution in [3.05, 3.63) is 121 Å². The minimum atomic E-state index is -1.04. The van der Waals surface area contributed by atoms with E-state index in [1.807, 2.05) is 110 Å². The molecule has 2 aliphatic rings. The number of piperidine rings is 1. The first kappa shape index (κ1) is 42.5. The van der Waals surface area contributed by atoms with E-state index < -0.39 is 5.97 Å². The number of aromatic nitrogens is 5. The average molecular weight is 887 g/mol. The zero-order valence-electron chi connectivity index (χ0n) is 37.0. The summed E-state index contributed by atoms with van der Waals surface area (Å²) in [6.07, 6.45) is 4.65. The Kier molecular flexibility index (Phi) is 11.3. The number of hydrogen-bond acceptors (Lipinski definition) is 6. The molecule has 0 aliphatic carbocycles. The summed E-state index contributed by atoms with van der Waals surface area (Å²) >= 11 is 13.7. The van der Waals surface area contributed by atoms with Crippen molar-refractivity contribution in [2.45, 2.75) is 86.2 Å². The second-order valence-corrected chi connectivity index (χ2v) is 18.2. The van der Waals surface area contributed by atoms with Gasteiger partial charge in [0.1, 0.15) is 23.0 Å². The summed E-state index contributed by atoms with van der Waals surface area (Å²) in [7, 11) is 1.93. The highest BCUT2D eigenvalue weighted by atomic mass is 35.5. The third-order valence-corrected chi connectivity index (χ3v) is 13.9. The van der Waals surface area contributed by atoms with Gasteiger partial charge in [0.2, 0.25) is 0 Å². The Labute approximate surface area is 377 Å². The molecule has 9 rings (SSSR count). The van der Waals surface area contributed by atoms with Crippen LogP contribution in [0, 0.1) is 34.6 Å². The maximum atomic E-state index is 15.6. The van der Waals surface area contributed by atoms with Crippen LogP contribution < -0.4 is 14.5 Å². The van der Waals surface area contributed by atoms with Gasteiger partial charge in [0.25, 0.3) is 5.91 Å². The normalized spacial score (nSPS) is 15.5. The number of ether oxygens (including phenoxy) is 1. The smallest absolute Gasteiger partial charge is 0.352 e. The summed E-state index contributed by atoms with van der Waals surface area (Å²) in [5, 5.41) is 18.4. The molecule has 0 spiro atoms. The molecule has 2 aliphatic heterocycles. The molecule has 0 bridgehead atoms. The first-order valence-corrected chi connectivity index (χ1v) is 22.6. The quantitative estimate of drug-likeness (QED) is 0.129. The Morgan fingerprint density at radius 2 is 1.67 bits per heavy atom. The Hall–Kier alpha value is -5.78. The Morgan fingerprint density at radius 1 is 0.921 bits per heavy atom. The van der Waals surface area contributed by atoms with Crippen molar-refractivity contribution in [2.75, 3.05) is 36.0 Å². The lowest BCUT2D eigenvalue weighted by Gasteiger charge is -2.35. The van der Waals surface area contributed by atoms with Crippen LogP contribution >= 0.6 is 23.2 Å².